The van der Waals surface area contributed by atoms with E-state index >= 15 is 0 Å². The van der Waals surface area contributed by atoms with E-state index in [1.807, 2.05) is 0 Å². The molecule has 1 aliphatic rings. The Morgan fingerprint density at radius 2 is 2.15 bits per heavy atom. The second kappa shape index (κ2) is 5.93. The minimum atomic E-state index is -2.06. The molecule has 1 aromatic heterocycles. The quantitative estimate of drug-likeness (QED) is 0.482. The van der Waals surface area contributed by atoms with Gasteiger partial charge in [-0.15, -0.1) is 0 Å². The van der Waals surface area contributed by atoms with E-state index in [9.17, 15) is 9.59 Å². The molecule has 1 atom stereocenters. The molecule has 5 nitrogen and oxygen atoms in total. The molecule has 2 rings (SSSR count). The van der Waals surface area contributed by atoms with Gasteiger partial charge in [-0.3, -0.25) is 4.79 Å². The average molecular weight is 341 g/mol. The Morgan fingerprint density at radius 1 is 1.45 bits per heavy atom. The summed E-state index contributed by atoms with van der Waals surface area (Å²) in [6, 6.07) is 1.33. The number of alkyl halides is 3. The molecule has 1 aliphatic heterocycles. The van der Waals surface area contributed by atoms with E-state index in [0.29, 0.717) is 13.2 Å². The lowest BCUT2D eigenvalue weighted by Crippen LogP contribution is -2.18. The van der Waals surface area contributed by atoms with Crippen molar-refractivity contribution in [1.29, 1.82) is 0 Å². The number of aromatic nitrogens is 1. The smallest absolute Gasteiger partial charge is 0.354 e. The van der Waals surface area contributed by atoms with Crippen LogP contribution in [0.3, 0.4) is 0 Å². The number of methoxy groups -OCH3 is 1. The second-order valence-electron chi connectivity index (χ2n) is 4.36. The third kappa shape index (κ3) is 3.11. The number of Topliss-reactive ketones (excluding diaryl/α,β-unsaturated/α-hetero) is 1. The summed E-state index contributed by atoms with van der Waals surface area (Å²) in [6.45, 7) is 1.05. The lowest BCUT2D eigenvalue weighted by Gasteiger charge is -2.13. The maximum Gasteiger partial charge on any atom is 0.354 e. The first-order chi connectivity index (χ1) is 9.34. The summed E-state index contributed by atoms with van der Waals surface area (Å²) in [6.07, 6.45) is 2.23. The number of carbonyl (C=O) groups excluding carboxylic acids is 2. The standard InChI is InChI=1S/C12H12Cl3NO4/c1-19-11(18)9-4-7(10(17)12(13,14)15)5-16(9)8-2-3-20-6-8/h4-5,8H,2-3,6H2,1H3. The van der Waals surface area contributed by atoms with Crippen molar-refractivity contribution in [2.24, 2.45) is 0 Å². The molecule has 1 saturated heterocycles. The monoisotopic (exact) mass is 339 g/mol. The first-order valence-corrected chi connectivity index (χ1v) is 6.97. The van der Waals surface area contributed by atoms with Gasteiger partial charge in [0.25, 0.3) is 3.79 Å². The number of halogens is 3. The van der Waals surface area contributed by atoms with E-state index in [4.69, 9.17) is 44.3 Å². The highest BCUT2D eigenvalue weighted by Crippen LogP contribution is 2.32. The summed E-state index contributed by atoms with van der Waals surface area (Å²) in [7, 11) is 1.27. The van der Waals surface area contributed by atoms with E-state index in [1.54, 1.807) is 4.57 Å². The van der Waals surface area contributed by atoms with Crippen molar-refractivity contribution in [3.8, 4) is 0 Å². The van der Waals surface area contributed by atoms with Gasteiger partial charge in [-0.25, -0.2) is 4.79 Å². The fraction of sp³-hybridized carbons (Fsp3) is 0.500. The molecule has 0 amide bonds. The summed E-state index contributed by atoms with van der Waals surface area (Å²) in [5, 5.41) is 0. The van der Waals surface area contributed by atoms with Gasteiger partial charge in [0.05, 0.1) is 19.8 Å². The molecular formula is C12H12Cl3NO4. The highest BCUT2D eigenvalue weighted by molar-refractivity contribution is 6.77. The Morgan fingerprint density at radius 3 is 2.65 bits per heavy atom. The van der Waals surface area contributed by atoms with Gasteiger partial charge >= 0.3 is 5.97 Å². The number of hydrogen-bond acceptors (Lipinski definition) is 4. The van der Waals surface area contributed by atoms with Crippen LogP contribution in [-0.4, -0.2) is 40.4 Å². The van der Waals surface area contributed by atoms with Crippen LogP contribution in [0.5, 0.6) is 0 Å². The van der Waals surface area contributed by atoms with E-state index in [-0.39, 0.29) is 17.3 Å². The fourth-order valence-electron chi connectivity index (χ4n) is 2.08. The maximum atomic E-state index is 12.0. The van der Waals surface area contributed by atoms with Crippen LogP contribution in [0.25, 0.3) is 0 Å². The van der Waals surface area contributed by atoms with Crippen LogP contribution >= 0.6 is 34.8 Å². The van der Waals surface area contributed by atoms with Gasteiger partial charge in [0.15, 0.2) is 0 Å². The predicted octanol–water partition coefficient (Wildman–Crippen LogP) is 2.79. The Labute approximate surface area is 130 Å². The van der Waals surface area contributed by atoms with Crippen molar-refractivity contribution >= 4 is 46.6 Å². The van der Waals surface area contributed by atoms with Gasteiger partial charge in [0.1, 0.15) is 5.69 Å². The Kier molecular flexibility index (Phi) is 4.64. The molecule has 1 aromatic rings. The lowest BCUT2D eigenvalue weighted by molar-refractivity contribution is 0.0585. The van der Waals surface area contributed by atoms with Crippen LogP contribution in [0.2, 0.25) is 0 Å². The molecule has 1 fully saturated rings. The summed E-state index contributed by atoms with van der Waals surface area (Å²) < 4.78 is 9.56. The summed E-state index contributed by atoms with van der Waals surface area (Å²) >= 11 is 16.8. The molecule has 2 heterocycles. The zero-order valence-electron chi connectivity index (χ0n) is 10.6. The second-order valence-corrected chi connectivity index (χ2v) is 6.64. The van der Waals surface area contributed by atoms with E-state index in [2.05, 4.69) is 0 Å². The van der Waals surface area contributed by atoms with Crippen molar-refractivity contribution in [1.82, 2.24) is 4.57 Å². The van der Waals surface area contributed by atoms with Crippen LogP contribution in [0, 0.1) is 0 Å². The topological polar surface area (TPSA) is 57.5 Å². The summed E-state index contributed by atoms with van der Waals surface area (Å²) in [5.74, 6) is -1.24. The molecule has 0 aromatic carbocycles. The molecule has 0 bridgehead atoms. The highest BCUT2D eigenvalue weighted by Gasteiger charge is 2.34. The summed E-state index contributed by atoms with van der Waals surface area (Å²) in [4.78, 5) is 23.7. The van der Waals surface area contributed by atoms with Gasteiger partial charge in [-0.05, 0) is 12.5 Å². The normalized spacial score (nSPS) is 19.1. The Hall–Kier alpha value is -0.750. The van der Waals surface area contributed by atoms with Crippen molar-refractivity contribution in [3.63, 3.8) is 0 Å². The van der Waals surface area contributed by atoms with Crippen LogP contribution < -0.4 is 0 Å². The minimum Gasteiger partial charge on any atom is -0.464 e. The van der Waals surface area contributed by atoms with E-state index in [0.717, 1.165) is 6.42 Å². The van der Waals surface area contributed by atoms with Crippen molar-refractivity contribution in [2.45, 2.75) is 16.3 Å². The number of ketones is 1. The molecule has 0 N–H and O–H groups in total. The first-order valence-electron chi connectivity index (χ1n) is 5.84. The lowest BCUT2D eigenvalue weighted by atomic mass is 10.2. The van der Waals surface area contributed by atoms with Crippen molar-refractivity contribution < 1.29 is 19.1 Å². The first kappa shape index (κ1) is 15.6. The third-order valence-corrected chi connectivity index (χ3v) is 3.58. The minimum absolute atomic E-state index is 0.0407. The zero-order valence-corrected chi connectivity index (χ0v) is 12.8. The zero-order chi connectivity index (χ0) is 14.9. The number of hydrogen-bond donors (Lipinski definition) is 0. The predicted molar refractivity (Wildman–Crippen MR) is 74.9 cm³/mol. The third-order valence-electron chi connectivity index (χ3n) is 3.06. The average Bonchev–Trinajstić information content (AvgIpc) is 3.04. The highest BCUT2D eigenvalue weighted by atomic mass is 35.6. The molecule has 0 spiro atoms. The van der Waals surface area contributed by atoms with E-state index < -0.39 is 15.5 Å². The molecule has 0 saturated carbocycles. The molecule has 8 heteroatoms. The molecule has 20 heavy (non-hydrogen) atoms. The van der Waals surface area contributed by atoms with Crippen LogP contribution in [0.4, 0.5) is 0 Å². The molecule has 0 aliphatic carbocycles. The molecule has 110 valence electrons. The number of carbonyl (C=O) groups is 2. The van der Waals surface area contributed by atoms with Gasteiger partial charge in [-0.1, -0.05) is 34.8 Å². The van der Waals surface area contributed by atoms with Gasteiger partial charge in [-0.2, -0.15) is 0 Å². The van der Waals surface area contributed by atoms with Crippen molar-refractivity contribution in [3.05, 3.63) is 23.5 Å². The number of ether oxygens (including phenoxy) is 2. The molecular weight excluding hydrogens is 328 g/mol. The van der Waals surface area contributed by atoms with Crippen LogP contribution in [-0.2, 0) is 9.47 Å². The van der Waals surface area contributed by atoms with Gasteiger partial charge < -0.3 is 14.0 Å². The largest absolute Gasteiger partial charge is 0.464 e. The Bertz CT molecular complexity index is 529. The fourth-order valence-corrected chi connectivity index (χ4v) is 2.41. The van der Waals surface area contributed by atoms with Gasteiger partial charge in [0.2, 0.25) is 5.78 Å². The summed E-state index contributed by atoms with van der Waals surface area (Å²) in [5.41, 5.74) is 0.387. The molecule has 0 radical (unpaired) electrons. The Balaban J connectivity index is 2.41. The van der Waals surface area contributed by atoms with Gasteiger partial charge in [0, 0.05) is 18.4 Å². The van der Waals surface area contributed by atoms with E-state index in [1.165, 1.54) is 19.4 Å². The maximum absolute atomic E-state index is 12.0. The number of nitrogens with zero attached hydrogens (tertiary/aromatic N) is 1. The van der Waals surface area contributed by atoms with Crippen molar-refractivity contribution in [2.75, 3.05) is 20.3 Å². The SMILES string of the molecule is COC(=O)c1cc(C(=O)C(Cl)(Cl)Cl)cn1C1CCOC1. The van der Waals surface area contributed by atoms with Crippen LogP contribution in [0.15, 0.2) is 12.3 Å². The molecule has 1 unspecified atom stereocenters. The number of rotatable bonds is 3. The number of esters is 1. The van der Waals surface area contributed by atoms with Crippen LogP contribution in [0.1, 0.15) is 33.3 Å².